The summed E-state index contributed by atoms with van der Waals surface area (Å²) in [5.74, 6) is 0.573. The Morgan fingerprint density at radius 1 is 0.370 bits per heavy atom. The molecule has 5 heteroatoms. The molecule has 3 heterocycles. The zero-order chi connectivity index (χ0) is 35.3. The van der Waals surface area contributed by atoms with Crippen molar-refractivity contribution < 1.29 is 13.3 Å². The smallest absolute Gasteiger partial charge is 0.228 e. The fraction of sp³-hybridized carbons (Fsp3) is 0. The number of anilines is 3. The SMILES string of the molecule is c1ccc2cc(N(c3ccc4c(c3)oc3cc5ccccc5cc34)c3ccc4c(c3)oc3cccc(-c5nc6ccc7ccccc7c6o5)c34)ccc2c1. The Balaban J connectivity index is 1.04. The normalized spacial score (nSPS) is 12.1. The molecule has 0 saturated heterocycles. The van der Waals surface area contributed by atoms with Gasteiger partial charge in [-0.2, -0.15) is 0 Å². The first-order valence-electron chi connectivity index (χ1n) is 18.1. The van der Waals surface area contributed by atoms with Gasteiger partial charge in [0, 0.05) is 61.7 Å². The number of rotatable bonds is 4. The van der Waals surface area contributed by atoms with Crippen molar-refractivity contribution in [3.8, 4) is 11.5 Å². The second-order valence-electron chi connectivity index (χ2n) is 14.0. The van der Waals surface area contributed by atoms with Crippen molar-refractivity contribution in [1.82, 2.24) is 4.98 Å². The highest BCUT2D eigenvalue weighted by Gasteiger charge is 2.21. The van der Waals surface area contributed by atoms with Crippen LogP contribution in [-0.2, 0) is 0 Å². The second kappa shape index (κ2) is 11.1. The molecule has 0 fully saturated rings. The van der Waals surface area contributed by atoms with E-state index in [-0.39, 0.29) is 0 Å². The average molecular weight is 693 g/mol. The Labute approximate surface area is 307 Å². The minimum atomic E-state index is 0.573. The molecule has 252 valence electrons. The highest BCUT2D eigenvalue weighted by atomic mass is 16.4. The monoisotopic (exact) mass is 692 g/mol. The number of hydrogen-bond acceptors (Lipinski definition) is 5. The number of benzene rings is 9. The summed E-state index contributed by atoms with van der Waals surface area (Å²) < 4.78 is 19.7. The van der Waals surface area contributed by atoms with E-state index < -0.39 is 0 Å². The summed E-state index contributed by atoms with van der Waals surface area (Å²) in [6, 6.07) is 59.2. The van der Waals surface area contributed by atoms with Gasteiger partial charge in [-0.1, -0.05) is 91.0 Å². The third-order valence-electron chi connectivity index (χ3n) is 10.8. The quantitative estimate of drug-likeness (QED) is 0.184. The van der Waals surface area contributed by atoms with Crippen molar-refractivity contribution in [2.45, 2.75) is 0 Å². The van der Waals surface area contributed by atoms with Crippen LogP contribution in [0.5, 0.6) is 0 Å². The van der Waals surface area contributed by atoms with Gasteiger partial charge in [0.05, 0.1) is 0 Å². The molecule has 0 bridgehead atoms. The highest BCUT2D eigenvalue weighted by molar-refractivity contribution is 6.14. The summed E-state index contributed by atoms with van der Waals surface area (Å²) >= 11 is 0. The van der Waals surface area contributed by atoms with Gasteiger partial charge in [-0.25, -0.2) is 4.98 Å². The number of hydrogen-bond donors (Lipinski definition) is 0. The lowest BCUT2D eigenvalue weighted by molar-refractivity contribution is 0.623. The van der Waals surface area contributed by atoms with Crippen LogP contribution in [-0.4, -0.2) is 4.98 Å². The first-order chi connectivity index (χ1) is 26.7. The lowest BCUT2D eigenvalue weighted by Gasteiger charge is -2.25. The number of fused-ring (bicyclic) bond motifs is 11. The van der Waals surface area contributed by atoms with Gasteiger partial charge in [-0.3, -0.25) is 0 Å². The number of nitrogens with zero attached hydrogens (tertiary/aromatic N) is 2. The molecule has 54 heavy (non-hydrogen) atoms. The molecule has 0 amide bonds. The molecule has 0 unspecified atom stereocenters. The van der Waals surface area contributed by atoms with Gasteiger partial charge >= 0.3 is 0 Å². The standard InChI is InChI=1S/C49H28N2O3/c1-2-10-31-24-34(18-16-29(31)8-1)51(35-19-21-38-41-25-32-11-3-4-12-33(32)26-44(41)53-45(38)27-35)36-20-22-39-46(28-36)52-43-15-7-14-40(47(39)43)49-50-42-23-17-30-9-5-6-13-37(30)48(42)54-49/h1-28H. The van der Waals surface area contributed by atoms with Crippen LogP contribution in [0.15, 0.2) is 183 Å². The number of furan rings is 2. The fourth-order valence-corrected chi connectivity index (χ4v) is 8.26. The van der Waals surface area contributed by atoms with Crippen LogP contribution in [0, 0.1) is 0 Å². The number of aromatic nitrogens is 1. The van der Waals surface area contributed by atoms with Gasteiger partial charge in [0.2, 0.25) is 5.89 Å². The summed E-state index contributed by atoms with van der Waals surface area (Å²) in [5, 5.41) is 11.0. The molecule has 0 radical (unpaired) electrons. The Morgan fingerprint density at radius 2 is 0.981 bits per heavy atom. The van der Waals surface area contributed by atoms with E-state index in [4.69, 9.17) is 18.2 Å². The zero-order valence-electron chi connectivity index (χ0n) is 28.8. The molecule has 0 aliphatic rings. The van der Waals surface area contributed by atoms with Crippen LogP contribution in [0.4, 0.5) is 17.1 Å². The summed E-state index contributed by atoms with van der Waals surface area (Å²) in [6.45, 7) is 0. The Hall–Kier alpha value is -7.37. The largest absolute Gasteiger partial charge is 0.456 e. The zero-order valence-corrected chi connectivity index (χ0v) is 28.8. The van der Waals surface area contributed by atoms with Gasteiger partial charge in [0.1, 0.15) is 27.8 Å². The van der Waals surface area contributed by atoms with Crippen LogP contribution in [0.25, 0.3) is 98.7 Å². The van der Waals surface area contributed by atoms with E-state index in [9.17, 15) is 0 Å². The van der Waals surface area contributed by atoms with Gasteiger partial charge in [-0.15, -0.1) is 0 Å². The van der Waals surface area contributed by atoms with E-state index in [2.05, 4.69) is 144 Å². The van der Waals surface area contributed by atoms with E-state index in [0.29, 0.717) is 5.89 Å². The molecule has 0 saturated carbocycles. The van der Waals surface area contributed by atoms with Gasteiger partial charge in [0.25, 0.3) is 0 Å². The summed E-state index contributed by atoms with van der Waals surface area (Å²) in [6.07, 6.45) is 0. The summed E-state index contributed by atoms with van der Waals surface area (Å²) in [4.78, 5) is 7.22. The molecular formula is C49H28N2O3. The van der Waals surface area contributed by atoms with E-state index in [1.165, 1.54) is 10.8 Å². The predicted octanol–water partition coefficient (Wildman–Crippen LogP) is 14.2. The van der Waals surface area contributed by atoms with Crippen molar-refractivity contribution in [3.63, 3.8) is 0 Å². The van der Waals surface area contributed by atoms with E-state index in [0.717, 1.165) is 99.1 Å². The number of oxazole rings is 1. The average Bonchev–Trinajstić information content (AvgIpc) is 3.93. The molecule has 9 aromatic carbocycles. The van der Waals surface area contributed by atoms with Gasteiger partial charge in [-0.05, 0) is 93.7 Å². The van der Waals surface area contributed by atoms with Gasteiger partial charge < -0.3 is 18.2 Å². The van der Waals surface area contributed by atoms with Crippen LogP contribution in [0.3, 0.4) is 0 Å². The van der Waals surface area contributed by atoms with Crippen LogP contribution < -0.4 is 4.90 Å². The third-order valence-corrected chi connectivity index (χ3v) is 10.8. The second-order valence-corrected chi connectivity index (χ2v) is 14.0. The molecule has 0 atom stereocenters. The van der Waals surface area contributed by atoms with Crippen molar-refractivity contribution in [1.29, 1.82) is 0 Å². The molecule has 0 aliphatic carbocycles. The Morgan fingerprint density at radius 3 is 1.81 bits per heavy atom. The maximum atomic E-state index is 6.62. The van der Waals surface area contributed by atoms with E-state index >= 15 is 0 Å². The minimum Gasteiger partial charge on any atom is -0.456 e. The topological polar surface area (TPSA) is 55.6 Å². The lowest BCUT2D eigenvalue weighted by atomic mass is 10.0. The van der Waals surface area contributed by atoms with Gasteiger partial charge in [0.15, 0.2) is 5.58 Å². The Bertz CT molecular complexity index is 3480. The summed E-state index contributed by atoms with van der Waals surface area (Å²) in [5.41, 5.74) is 8.77. The minimum absolute atomic E-state index is 0.573. The van der Waals surface area contributed by atoms with E-state index in [1.807, 2.05) is 30.3 Å². The van der Waals surface area contributed by atoms with E-state index in [1.54, 1.807) is 0 Å². The predicted molar refractivity (Wildman–Crippen MR) is 221 cm³/mol. The van der Waals surface area contributed by atoms with Crippen LogP contribution in [0.1, 0.15) is 0 Å². The maximum absolute atomic E-state index is 6.62. The molecule has 0 spiro atoms. The van der Waals surface area contributed by atoms with Crippen molar-refractivity contribution in [3.05, 3.63) is 170 Å². The molecule has 0 aliphatic heterocycles. The summed E-state index contributed by atoms with van der Waals surface area (Å²) in [7, 11) is 0. The molecule has 12 aromatic rings. The van der Waals surface area contributed by atoms with Crippen molar-refractivity contribution in [2.24, 2.45) is 0 Å². The first kappa shape index (κ1) is 29.2. The fourth-order valence-electron chi connectivity index (χ4n) is 8.26. The third kappa shape index (κ3) is 4.36. The maximum Gasteiger partial charge on any atom is 0.228 e. The van der Waals surface area contributed by atoms with Crippen LogP contribution in [0.2, 0.25) is 0 Å². The first-order valence-corrected chi connectivity index (χ1v) is 18.1. The molecule has 5 nitrogen and oxygen atoms in total. The molecule has 12 rings (SSSR count). The van der Waals surface area contributed by atoms with Crippen LogP contribution >= 0.6 is 0 Å². The molecular weight excluding hydrogens is 665 g/mol. The lowest BCUT2D eigenvalue weighted by Crippen LogP contribution is -2.09. The van der Waals surface area contributed by atoms with Crippen molar-refractivity contribution in [2.75, 3.05) is 4.90 Å². The van der Waals surface area contributed by atoms with Crippen molar-refractivity contribution >= 4 is 104 Å². The molecule has 0 N–H and O–H groups in total. The Kier molecular flexibility index (Phi) is 5.99. The molecule has 3 aromatic heterocycles. The highest BCUT2D eigenvalue weighted by Crippen LogP contribution is 2.44.